The van der Waals surface area contributed by atoms with Crippen molar-refractivity contribution >= 4 is 16.7 Å². The minimum Gasteiger partial charge on any atom is -0.337 e. The first-order chi connectivity index (χ1) is 7.24. The van der Waals surface area contributed by atoms with Gasteiger partial charge >= 0.3 is 0 Å². The number of aromatic nitrogens is 1. The number of Topliss-reactive ketones (excluding diaryl/α,β-unsaturated/α-hetero) is 1. The van der Waals surface area contributed by atoms with Gasteiger partial charge in [0.1, 0.15) is 5.82 Å². The monoisotopic (exact) mass is 203 g/mol. The van der Waals surface area contributed by atoms with Crippen LogP contribution in [0.1, 0.15) is 12.1 Å². The number of hydrogen-bond acceptors (Lipinski definition) is 1. The van der Waals surface area contributed by atoms with Gasteiger partial charge in [0.05, 0.1) is 6.54 Å². The molecular formula is C12H10FNO. The highest BCUT2D eigenvalue weighted by atomic mass is 19.1. The summed E-state index contributed by atoms with van der Waals surface area (Å²) in [5.41, 5.74) is 2.09. The summed E-state index contributed by atoms with van der Waals surface area (Å²) < 4.78 is 15.0. The molecule has 1 aliphatic rings. The van der Waals surface area contributed by atoms with E-state index in [0.717, 1.165) is 23.0 Å². The number of hydrogen-bond donors (Lipinski definition) is 0. The molecule has 0 spiro atoms. The van der Waals surface area contributed by atoms with Crippen molar-refractivity contribution in [1.29, 1.82) is 0 Å². The SMILES string of the molecule is O=C1CCc2cc3cc(F)ccc3n2C1. The van der Waals surface area contributed by atoms with Gasteiger partial charge in [-0.05, 0) is 30.7 Å². The summed E-state index contributed by atoms with van der Waals surface area (Å²) >= 11 is 0. The normalized spacial score (nSPS) is 15.7. The maximum absolute atomic E-state index is 13.0. The Labute approximate surface area is 86.3 Å². The number of fused-ring (bicyclic) bond motifs is 3. The van der Waals surface area contributed by atoms with E-state index < -0.39 is 0 Å². The van der Waals surface area contributed by atoms with Crippen molar-refractivity contribution in [3.05, 3.63) is 35.8 Å². The highest BCUT2D eigenvalue weighted by Gasteiger charge is 2.17. The topological polar surface area (TPSA) is 22.0 Å². The van der Waals surface area contributed by atoms with Crippen LogP contribution in [0.25, 0.3) is 10.9 Å². The van der Waals surface area contributed by atoms with Crippen LogP contribution in [-0.2, 0) is 17.8 Å². The summed E-state index contributed by atoms with van der Waals surface area (Å²) in [6, 6.07) is 6.68. The number of rotatable bonds is 0. The predicted molar refractivity (Wildman–Crippen MR) is 55.2 cm³/mol. The fourth-order valence-corrected chi connectivity index (χ4v) is 2.22. The molecular weight excluding hydrogens is 193 g/mol. The summed E-state index contributed by atoms with van der Waals surface area (Å²) in [5.74, 6) is 0.0288. The zero-order valence-corrected chi connectivity index (χ0v) is 8.16. The van der Waals surface area contributed by atoms with Crippen LogP contribution in [0.2, 0.25) is 0 Å². The summed E-state index contributed by atoms with van der Waals surface area (Å²) in [5, 5.41) is 0.889. The number of carbonyl (C=O) groups excluding carboxylic acids is 1. The van der Waals surface area contributed by atoms with Gasteiger partial charge in [-0.25, -0.2) is 4.39 Å². The summed E-state index contributed by atoms with van der Waals surface area (Å²) in [6.45, 7) is 0.435. The third kappa shape index (κ3) is 1.27. The molecule has 0 saturated carbocycles. The number of nitrogens with zero attached hydrogens (tertiary/aromatic N) is 1. The lowest BCUT2D eigenvalue weighted by atomic mass is 10.1. The van der Waals surface area contributed by atoms with Crippen LogP contribution in [0.15, 0.2) is 24.3 Å². The van der Waals surface area contributed by atoms with Crippen molar-refractivity contribution in [2.75, 3.05) is 0 Å². The van der Waals surface area contributed by atoms with Crippen LogP contribution in [0.3, 0.4) is 0 Å². The van der Waals surface area contributed by atoms with E-state index in [2.05, 4.69) is 0 Å². The molecule has 15 heavy (non-hydrogen) atoms. The molecule has 0 atom stereocenters. The largest absolute Gasteiger partial charge is 0.337 e. The maximum atomic E-state index is 13.0. The van der Waals surface area contributed by atoms with E-state index in [1.807, 2.05) is 10.6 Å². The fourth-order valence-electron chi connectivity index (χ4n) is 2.22. The molecule has 2 nitrogen and oxygen atoms in total. The first-order valence-electron chi connectivity index (χ1n) is 5.03. The molecule has 76 valence electrons. The second kappa shape index (κ2) is 2.92. The highest BCUT2D eigenvalue weighted by Crippen LogP contribution is 2.24. The molecule has 1 aliphatic heterocycles. The van der Waals surface area contributed by atoms with Crippen molar-refractivity contribution in [2.45, 2.75) is 19.4 Å². The highest BCUT2D eigenvalue weighted by molar-refractivity contribution is 5.87. The summed E-state index contributed by atoms with van der Waals surface area (Å²) in [4.78, 5) is 11.3. The Hall–Kier alpha value is -1.64. The van der Waals surface area contributed by atoms with Gasteiger partial charge < -0.3 is 4.57 Å². The third-order valence-corrected chi connectivity index (χ3v) is 2.94. The molecule has 0 amide bonds. The molecule has 0 aliphatic carbocycles. The lowest BCUT2D eigenvalue weighted by molar-refractivity contribution is -0.120. The van der Waals surface area contributed by atoms with Gasteiger partial charge in [-0.3, -0.25) is 4.79 Å². The molecule has 0 radical (unpaired) electrons. The Morgan fingerprint density at radius 3 is 2.93 bits per heavy atom. The summed E-state index contributed by atoms with van der Waals surface area (Å²) in [6.07, 6.45) is 1.38. The molecule has 0 fully saturated rings. The van der Waals surface area contributed by atoms with Crippen LogP contribution < -0.4 is 0 Å². The number of aryl methyl sites for hydroxylation is 1. The van der Waals surface area contributed by atoms with Crippen LogP contribution in [0.4, 0.5) is 4.39 Å². The zero-order valence-electron chi connectivity index (χ0n) is 8.16. The Balaban J connectivity index is 2.28. The van der Waals surface area contributed by atoms with Crippen LogP contribution in [-0.4, -0.2) is 10.4 Å². The average Bonchev–Trinajstić information content (AvgIpc) is 2.54. The lowest BCUT2D eigenvalue weighted by Gasteiger charge is -2.14. The first kappa shape index (κ1) is 8.65. The summed E-state index contributed by atoms with van der Waals surface area (Å²) in [7, 11) is 0. The van der Waals surface area contributed by atoms with Crippen molar-refractivity contribution in [1.82, 2.24) is 4.57 Å². The molecule has 0 saturated heterocycles. The minimum absolute atomic E-state index is 0.225. The van der Waals surface area contributed by atoms with E-state index >= 15 is 0 Å². The van der Waals surface area contributed by atoms with Gasteiger partial charge in [-0.1, -0.05) is 0 Å². The van der Waals surface area contributed by atoms with E-state index in [1.54, 1.807) is 6.07 Å². The van der Waals surface area contributed by atoms with E-state index in [1.165, 1.54) is 12.1 Å². The number of benzene rings is 1. The second-order valence-electron chi connectivity index (χ2n) is 3.96. The van der Waals surface area contributed by atoms with Crippen LogP contribution >= 0.6 is 0 Å². The van der Waals surface area contributed by atoms with Gasteiger partial charge in [0.2, 0.25) is 0 Å². The fraction of sp³-hybridized carbons (Fsp3) is 0.250. The van der Waals surface area contributed by atoms with Crippen LogP contribution in [0.5, 0.6) is 0 Å². The van der Waals surface area contributed by atoms with Crippen LogP contribution in [0, 0.1) is 5.82 Å². The molecule has 0 bridgehead atoms. The Bertz CT molecular complexity index is 556. The van der Waals surface area contributed by atoms with Crippen molar-refractivity contribution in [3.8, 4) is 0 Å². The van der Waals surface area contributed by atoms with Crippen molar-refractivity contribution in [3.63, 3.8) is 0 Å². The van der Waals surface area contributed by atoms with E-state index in [4.69, 9.17) is 0 Å². The van der Waals surface area contributed by atoms with Crippen molar-refractivity contribution < 1.29 is 9.18 Å². The standard InChI is InChI=1S/C12H10FNO/c13-9-1-4-12-8(5-9)6-10-2-3-11(15)7-14(10)12/h1,4-6H,2-3,7H2. The van der Waals surface area contributed by atoms with Gasteiger partial charge in [-0.15, -0.1) is 0 Å². The Morgan fingerprint density at radius 1 is 1.20 bits per heavy atom. The molecule has 0 unspecified atom stereocenters. The molecule has 1 aromatic heterocycles. The molecule has 2 aromatic rings. The number of carbonyl (C=O) groups is 1. The average molecular weight is 203 g/mol. The molecule has 2 heterocycles. The smallest absolute Gasteiger partial charge is 0.152 e. The Kier molecular flexibility index (Phi) is 1.69. The second-order valence-corrected chi connectivity index (χ2v) is 3.96. The Morgan fingerprint density at radius 2 is 2.07 bits per heavy atom. The minimum atomic E-state index is -0.225. The van der Waals surface area contributed by atoms with Crippen molar-refractivity contribution in [2.24, 2.45) is 0 Å². The molecule has 3 rings (SSSR count). The zero-order chi connectivity index (χ0) is 10.4. The molecule has 0 N–H and O–H groups in total. The third-order valence-electron chi connectivity index (χ3n) is 2.94. The van der Waals surface area contributed by atoms with Gasteiger partial charge in [-0.2, -0.15) is 0 Å². The first-order valence-corrected chi connectivity index (χ1v) is 5.03. The van der Waals surface area contributed by atoms with Gasteiger partial charge in [0, 0.05) is 23.0 Å². The molecule has 1 aromatic carbocycles. The van der Waals surface area contributed by atoms with E-state index in [-0.39, 0.29) is 11.6 Å². The number of halogens is 1. The van der Waals surface area contributed by atoms with E-state index in [0.29, 0.717) is 13.0 Å². The van der Waals surface area contributed by atoms with Gasteiger partial charge in [0.25, 0.3) is 0 Å². The quantitative estimate of drug-likeness (QED) is 0.644. The predicted octanol–water partition coefficient (Wildman–Crippen LogP) is 2.30. The lowest BCUT2D eigenvalue weighted by Crippen LogP contribution is -2.18. The molecule has 3 heteroatoms. The van der Waals surface area contributed by atoms with E-state index in [9.17, 15) is 9.18 Å². The van der Waals surface area contributed by atoms with Gasteiger partial charge in [0.15, 0.2) is 5.78 Å². The maximum Gasteiger partial charge on any atom is 0.152 e. The number of ketones is 1.